The van der Waals surface area contributed by atoms with Crippen molar-refractivity contribution in [2.24, 2.45) is 0 Å². The Morgan fingerprint density at radius 2 is 0.722 bits per heavy atom. The third-order valence-electron chi connectivity index (χ3n) is 18.4. The minimum absolute atomic E-state index is 0.228. The minimum Gasteiger partial charge on any atom is -0.394 e. The number of nitrogens with one attached hydrogen (secondary N) is 1. The van der Waals surface area contributed by atoms with Crippen LogP contribution >= 0.6 is 0 Å². The van der Waals surface area contributed by atoms with Gasteiger partial charge in [0.1, 0.15) is 73.2 Å². The second-order valence-electron chi connectivity index (χ2n) is 26.7. The molecule has 560 valence electrons. The van der Waals surface area contributed by atoms with Gasteiger partial charge in [-0.2, -0.15) is 0 Å². The van der Waals surface area contributed by atoms with Crippen LogP contribution in [0.25, 0.3) is 0 Å². The molecule has 19 nitrogen and oxygen atoms in total. The molecular weight excluding hydrogens is 1240 g/mol. The number of carbonyl (C=O) groups is 1. The van der Waals surface area contributed by atoms with Crippen molar-refractivity contribution in [1.29, 1.82) is 0 Å². The highest BCUT2D eigenvalue weighted by molar-refractivity contribution is 5.76. The van der Waals surface area contributed by atoms with Gasteiger partial charge in [0.15, 0.2) is 18.9 Å². The van der Waals surface area contributed by atoms with Crippen LogP contribution in [0, 0.1) is 0 Å². The van der Waals surface area contributed by atoms with Gasteiger partial charge in [0.05, 0.1) is 38.6 Å². The maximum absolute atomic E-state index is 13.5. The quantitative estimate of drug-likeness (QED) is 0.0199. The van der Waals surface area contributed by atoms with E-state index in [2.05, 4.69) is 104 Å². The van der Waals surface area contributed by atoms with E-state index in [0.29, 0.717) is 12.8 Å². The summed E-state index contributed by atoms with van der Waals surface area (Å²) in [6, 6.07) is -0.998. The highest BCUT2D eigenvalue weighted by Crippen LogP contribution is 2.33. The van der Waals surface area contributed by atoms with Crippen molar-refractivity contribution in [3.05, 3.63) is 97.2 Å². The van der Waals surface area contributed by atoms with Gasteiger partial charge in [-0.05, 0) is 83.5 Å². The molecule has 97 heavy (non-hydrogen) atoms. The zero-order chi connectivity index (χ0) is 70.4. The summed E-state index contributed by atoms with van der Waals surface area (Å²) in [5, 5.41) is 121. The molecule has 3 fully saturated rings. The van der Waals surface area contributed by atoms with Gasteiger partial charge in [-0.15, -0.1) is 0 Å². The Hall–Kier alpha value is -3.29. The molecule has 0 bridgehead atoms. The molecule has 0 aromatic carbocycles. The van der Waals surface area contributed by atoms with Gasteiger partial charge in [0.2, 0.25) is 5.91 Å². The third kappa shape index (κ3) is 39.1. The van der Waals surface area contributed by atoms with E-state index >= 15 is 0 Å². The molecule has 3 aliphatic rings. The van der Waals surface area contributed by atoms with E-state index in [1.165, 1.54) is 135 Å². The summed E-state index contributed by atoms with van der Waals surface area (Å²) < 4.78 is 34.4. The first-order valence-electron chi connectivity index (χ1n) is 38.0. The van der Waals surface area contributed by atoms with E-state index in [1.54, 1.807) is 6.08 Å². The standard InChI is InChI=1S/C78H135NO18/c1-3-5-7-9-11-13-15-17-19-21-23-25-26-27-28-29-30-31-32-33-34-36-38-40-42-44-46-48-50-52-54-56-66(84)79-61(62(83)55-53-51-49-47-45-43-41-39-37-35-24-22-20-18-16-14-12-10-8-6-4-2)60-92-76-72(90)69(87)74(64(58-81)94-76)97-78-73(91)70(88)75(65(59-82)95-78)96-77-71(89)68(86)67(85)63(57-80)93-77/h5,7,11,13,17,19,23,25,27-28,30-31,45,47,53,55,61-65,67-78,80-83,85-91H,3-4,6,8-10,12,14-16,18,20-22,24,26,29,32-44,46,48-52,54,56-60H2,1-2H3,(H,79,84)/b7-5-,13-11-,19-17-,25-23-,28-27-,31-30-,47-45+,55-53+. The van der Waals surface area contributed by atoms with Crippen molar-refractivity contribution in [1.82, 2.24) is 5.32 Å². The summed E-state index contributed by atoms with van der Waals surface area (Å²) in [6.45, 7) is 1.61. The van der Waals surface area contributed by atoms with Crippen molar-refractivity contribution in [3.8, 4) is 0 Å². The van der Waals surface area contributed by atoms with Crippen LogP contribution in [0.5, 0.6) is 0 Å². The second kappa shape index (κ2) is 58.2. The largest absolute Gasteiger partial charge is 0.394 e. The van der Waals surface area contributed by atoms with Crippen LogP contribution in [0.3, 0.4) is 0 Å². The Morgan fingerprint density at radius 1 is 0.381 bits per heavy atom. The Bertz CT molecular complexity index is 2130. The molecule has 0 saturated carbocycles. The summed E-state index contributed by atoms with van der Waals surface area (Å²) in [5.41, 5.74) is 0. The zero-order valence-electron chi connectivity index (χ0n) is 59.5. The molecule has 0 aromatic heterocycles. The zero-order valence-corrected chi connectivity index (χ0v) is 59.5. The number of ether oxygens (including phenoxy) is 6. The molecule has 17 unspecified atom stereocenters. The molecule has 3 saturated heterocycles. The van der Waals surface area contributed by atoms with Crippen LogP contribution in [0.2, 0.25) is 0 Å². The number of aliphatic hydroxyl groups excluding tert-OH is 11. The average molecular weight is 1370 g/mol. The number of amides is 1. The summed E-state index contributed by atoms with van der Waals surface area (Å²) >= 11 is 0. The van der Waals surface area contributed by atoms with E-state index in [-0.39, 0.29) is 18.9 Å². The lowest BCUT2D eigenvalue weighted by Gasteiger charge is -2.48. The molecule has 3 aliphatic heterocycles. The van der Waals surface area contributed by atoms with E-state index in [0.717, 1.165) is 89.9 Å². The van der Waals surface area contributed by atoms with E-state index in [4.69, 9.17) is 28.4 Å². The van der Waals surface area contributed by atoms with E-state index in [9.17, 15) is 61.0 Å². The van der Waals surface area contributed by atoms with Crippen LogP contribution in [0.4, 0.5) is 0 Å². The molecule has 3 heterocycles. The van der Waals surface area contributed by atoms with Crippen LogP contribution in [-0.2, 0) is 33.2 Å². The highest BCUT2D eigenvalue weighted by Gasteiger charge is 2.53. The van der Waals surface area contributed by atoms with Gasteiger partial charge in [-0.3, -0.25) is 4.79 Å². The van der Waals surface area contributed by atoms with Gasteiger partial charge < -0.3 is 89.9 Å². The molecule has 0 spiro atoms. The number of carbonyl (C=O) groups excluding carboxylic acids is 1. The fourth-order valence-electron chi connectivity index (χ4n) is 12.3. The third-order valence-corrected chi connectivity index (χ3v) is 18.4. The molecule has 0 aromatic rings. The van der Waals surface area contributed by atoms with E-state index < -0.39 is 124 Å². The molecular formula is C78H135NO18. The van der Waals surface area contributed by atoms with Crippen molar-refractivity contribution in [3.63, 3.8) is 0 Å². The number of unbranched alkanes of at least 4 members (excludes halogenated alkanes) is 28. The van der Waals surface area contributed by atoms with Crippen LogP contribution in [0.1, 0.15) is 258 Å². The summed E-state index contributed by atoms with van der Waals surface area (Å²) in [6.07, 6.45) is 50.9. The molecule has 12 N–H and O–H groups in total. The lowest BCUT2D eigenvalue weighted by molar-refractivity contribution is -0.379. The molecule has 0 aliphatic carbocycles. The van der Waals surface area contributed by atoms with Gasteiger partial charge >= 0.3 is 0 Å². The van der Waals surface area contributed by atoms with Gasteiger partial charge in [0, 0.05) is 6.42 Å². The SMILES string of the molecule is CC/C=C\C/C=C\C/C=C\C/C=C\C/C=C\C/C=C\CCCCCCCCCCCCCCC(=O)NC(COC1OC(CO)C(OC2OC(CO)C(OC3OC(CO)C(O)C(O)C3O)C(O)C2O)C(O)C1O)C(O)/C=C/CC/C=C/CCCCCCCCCCCCCCCCC. The maximum Gasteiger partial charge on any atom is 0.220 e. The molecule has 0 radical (unpaired) electrons. The van der Waals surface area contributed by atoms with Crippen LogP contribution in [-0.4, -0.2) is 193 Å². The summed E-state index contributed by atoms with van der Waals surface area (Å²) in [5.74, 6) is -0.290. The van der Waals surface area contributed by atoms with Gasteiger partial charge in [-0.1, -0.05) is 265 Å². The van der Waals surface area contributed by atoms with Crippen LogP contribution in [0.15, 0.2) is 97.2 Å². The van der Waals surface area contributed by atoms with Crippen molar-refractivity contribution in [2.75, 3.05) is 26.4 Å². The Morgan fingerprint density at radius 3 is 1.15 bits per heavy atom. The van der Waals surface area contributed by atoms with Gasteiger partial charge in [-0.25, -0.2) is 0 Å². The lowest BCUT2D eigenvalue weighted by atomic mass is 9.96. The maximum atomic E-state index is 13.5. The van der Waals surface area contributed by atoms with Crippen LogP contribution < -0.4 is 5.32 Å². The summed E-state index contributed by atoms with van der Waals surface area (Å²) in [7, 11) is 0. The van der Waals surface area contributed by atoms with Gasteiger partial charge in [0.25, 0.3) is 0 Å². The fourth-order valence-corrected chi connectivity index (χ4v) is 12.3. The normalized spacial score (nSPS) is 27.5. The second-order valence-corrected chi connectivity index (χ2v) is 26.7. The molecule has 17 atom stereocenters. The summed E-state index contributed by atoms with van der Waals surface area (Å²) in [4.78, 5) is 13.5. The first-order valence-corrected chi connectivity index (χ1v) is 38.0. The predicted molar refractivity (Wildman–Crippen MR) is 383 cm³/mol. The average Bonchev–Trinajstić information content (AvgIpc) is 0.798. The number of rotatable bonds is 58. The Kier molecular flexibility index (Phi) is 52.8. The minimum atomic E-state index is -1.99. The first-order chi connectivity index (χ1) is 47.3. The van der Waals surface area contributed by atoms with Crippen molar-refractivity contribution >= 4 is 5.91 Å². The highest BCUT2D eigenvalue weighted by atomic mass is 16.8. The van der Waals surface area contributed by atoms with Crippen molar-refractivity contribution in [2.45, 2.75) is 362 Å². The lowest BCUT2D eigenvalue weighted by Crippen LogP contribution is -2.66. The first kappa shape index (κ1) is 87.9. The fraction of sp³-hybridized carbons (Fsp3) is 0.782. The molecule has 19 heteroatoms. The topological polar surface area (TPSA) is 307 Å². The Balaban J connectivity index is 1.40. The Labute approximate surface area is 583 Å². The predicted octanol–water partition coefficient (Wildman–Crippen LogP) is 11.6. The number of allylic oxidation sites excluding steroid dienone is 15. The number of hydrogen-bond acceptors (Lipinski definition) is 18. The van der Waals surface area contributed by atoms with E-state index in [1.807, 2.05) is 6.08 Å². The molecule has 3 rings (SSSR count). The monoisotopic (exact) mass is 1370 g/mol. The number of hydrogen-bond donors (Lipinski definition) is 12. The smallest absolute Gasteiger partial charge is 0.220 e. The van der Waals surface area contributed by atoms with Crippen molar-refractivity contribution < 1.29 is 89.4 Å². The number of aliphatic hydroxyl groups is 11. The molecule has 1 amide bonds.